The van der Waals surface area contributed by atoms with Crippen LogP contribution in [-0.4, -0.2) is 62.0 Å². The smallest absolute Gasteiger partial charge is 0.267 e. The number of benzene rings is 2. The van der Waals surface area contributed by atoms with E-state index in [9.17, 15) is 9.59 Å². The van der Waals surface area contributed by atoms with E-state index in [4.69, 9.17) is 4.74 Å². The van der Waals surface area contributed by atoms with E-state index in [0.717, 1.165) is 26.2 Å². The summed E-state index contributed by atoms with van der Waals surface area (Å²) < 4.78 is 5.19. The van der Waals surface area contributed by atoms with E-state index < -0.39 is 0 Å². The van der Waals surface area contributed by atoms with Gasteiger partial charge in [0.05, 0.1) is 18.4 Å². The number of imide groups is 1. The minimum Gasteiger partial charge on any atom is -0.497 e. The number of likely N-dealkylation sites (N-methyl/N-ethyl adjacent to an activating group) is 1. The lowest BCUT2D eigenvalue weighted by molar-refractivity contribution is -0.112. The van der Waals surface area contributed by atoms with E-state index in [1.807, 2.05) is 24.4 Å². The van der Waals surface area contributed by atoms with Gasteiger partial charge in [-0.2, -0.15) is 0 Å². The Balaban J connectivity index is 1.76. The van der Waals surface area contributed by atoms with Crippen molar-refractivity contribution in [2.24, 2.45) is 0 Å². The normalized spacial score (nSPS) is 19.1. The Hall–Kier alpha value is -3.12. The fourth-order valence-electron chi connectivity index (χ4n) is 3.58. The number of carbonyl (C=O) groups is 2. The molecular formula is C22H23N3O3. The average molecular weight is 377 g/mol. The fourth-order valence-corrected chi connectivity index (χ4v) is 3.58. The Morgan fingerprint density at radius 2 is 1.50 bits per heavy atom. The standard InChI is InChI=1S/C22H23N3O3/c1-23-11-13-24(14-12-23)15-20-18-5-3-4-6-19(18)21(26)25(22(20)27)16-7-9-17(28-2)10-8-16/h3-10,15H,11-14H2,1-2H3. The van der Waals surface area contributed by atoms with Crippen molar-refractivity contribution in [2.45, 2.75) is 0 Å². The van der Waals surface area contributed by atoms with Gasteiger partial charge in [0, 0.05) is 43.5 Å². The third-order valence-corrected chi connectivity index (χ3v) is 5.26. The second kappa shape index (κ2) is 7.48. The molecule has 4 rings (SSSR count). The van der Waals surface area contributed by atoms with Crippen molar-refractivity contribution in [3.63, 3.8) is 0 Å². The average Bonchev–Trinajstić information content (AvgIpc) is 2.73. The number of rotatable bonds is 3. The van der Waals surface area contributed by atoms with Crippen LogP contribution in [0.2, 0.25) is 0 Å². The molecule has 0 radical (unpaired) electrons. The second-order valence-corrected chi connectivity index (χ2v) is 7.07. The summed E-state index contributed by atoms with van der Waals surface area (Å²) in [5.41, 5.74) is 2.32. The zero-order chi connectivity index (χ0) is 19.7. The predicted molar refractivity (Wildman–Crippen MR) is 108 cm³/mol. The number of amides is 2. The molecule has 0 N–H and O–H groups in total. The lowest BCUT2D eigenvalue weighted by Gasteiger charge is -2.34. The molecule has 28 heavy (non-hydrogen) atoms. The Labute approximate surface area is 164 Å². The van der Waals surface area contributed by atoms with Gasteiger partial charge in [-0.1, -0.05) is 18.2 Å². The number of methoxy groups -OCH3 is 1. The maximum absolute atomic E-state index is 13.4. The molecule has 2 aromatic carbocycles. The number of ether oxygens (including phenoxy) is 1. The van der Waals surface area contributed by atoms with E-state index in [1.165, 1.54) is 4.90 Å². The van der Waals surface area contributed by atoms with E-state index in [0.29, 0.717) is 28.1 Å². The first-order chi connectivity index (χ1) is 13.6. The molecule has 6 nitrogen and oxygen atoms in total. The first-order valence-electron chi connectivity index (χ1n) is 9.35. The minimum atomic E-state index is -0.304. The summed E-state index contributed by atoms with van der Waals surface area (Å²) in [6.45, 7) is 3.60. The molecule has 6 heteroatoms. The van der Waals surface area contributed by atoms with Crippen LogP contribution in [0, 0.1) is 0 Å². The van der Waals surface area contributed by atoms with Crippen molar-refractivity contribution in [2.75, 3.05) is 45.2 Å². The van der Waals surface area contributed by atoms with Gasteiger partial charge in [-0.05, 0) is 37.4 Å². The van der Waals surface area contributed by atoms with Gasteiger partial charge in [-0.25, -0.2) is 4.90 Å². The van der Waals surface area contributed by atoms with Crippen LogP contribution in [0.15, 0.2) is 54.7 Å². The summed E-state index contributed by atoms with van der Waals surface area (Å²) in [4.78, 5) is 32.1. The Morgan fingerprint density at radius 3 is 2.14 bits per heavy atom. The van der Waals surface area contributed by atoms with Crippen LogP contribution >= 0.6 is 0 Å². The first kappa shape index (κ1) is 18.3. The summed E-state index contributed by atoms with van der Waals surface area (Å²) in [5, 5.41) is 0. The van der Waals surface area contributed by atoms with Crippen LogP contribution in [0.4, 0.5) is 5.69 Å². The lowest BCUT2D eigenvalue weighted by Crippen LogP contribution is -2.44. The Bertz CT molecular complexity index is 928. The second-order valence-electron chi connectivity index (χ2n) is 7.07. The summed E-state index contributed by atoms with van der Waals surface area (Å²) >= 11 is 0. The summed E-state index contributed by atoms with van der Waals surface area (Å²) in [5.74, 6) is 0.0725. The summed E-state index contributed by atoms with van der Waals surface area (Å²) in [6, 6.07) is 14.3. The number of nitrogens with zero attached hydrogens (tertiary/aromatic N) is 3. The van der Waals surface area contributed by atoms with Crippen LogP contribution < -0.4 is 9.64 Å². The first-order valence-corrected chi connectivity index (χ1v) is 9.35. The number of carbonyl (C=O) groups excluding carboxylic acids is 2. The molecule has 144 valence electrons. The van der Waals surface area contributed by atoms with Crippen LogP contribution in [0.1, 0.15) is 15.9 Å². The highest BCUT2D eigenvalue weighted by Gasteiger charge is 2.36. The maximum Gasteiger partial charge on any atom is 0.267 e. The van der Waals surface area contributed by atoms with Crippen LogP contribution in [0.5, 0.6) is 5.75 Å². The highest BCUT2D eigenvalue weighted by atomic mass is 16.5. The molecule has 0 unspecified atom stereocenters. The Kier molecular flexibility index (Phi) is 4.88. The molecule has 0 saturated carbocycles. The van der Waals surface area contributed by atoms with Crippen molar-refractivity contribution in [3.8, 4) is 5.75 Å². The topological polar surface area (TPSA) is 53.1 Å². The zero-order valence-electron chi connectivity index (χ0n) is 16.1. The van der Waals surface area contributed by atoms with Crippen molar-refractivity contribution >= 4 is 23.1 Å². The van der Waals surface area contributed by atoms with Crippen LogP contribution in [0.3, 0.4) is 0 Å². The van der Waals surface area contributed by atoms with Gasteiger partial charge in [-0.15, -0.1) is 0 Å². The number of hydrogen-bond acceptors (Lipinski definition) is 5. The SMILES string of the molecule is COc1ccc(N2C(=O)C(=CN3CCN(C)CC3)c3ccccc3C2=O)cc1. The predicted octanol–water partition coefficient (Wildman–Crippen LogP) is 2.47. The van der Waals surface area contributed by atoms with Crippen molar-refractivity contribution in [1.29, 1.82) is 0 Å². The highest BCUT2D eigenvalue weighted by Crippen LogP contribution is 2.33. The molecule has 2 aliphatic rings. The molecule has 2 aromatic rings. The van der Waals surface area contributed by atoms with Gasteiger partial charge < -0.3 is 14.5 Å². The summed E-state index contributed by atoms with van der Waals surface area (Å²) in [7, 11) is 3.68. The quantitative estimate of drug-likeness (QED) is 0.608. The van der Waals surface area contributed by atoms with Gasteiger partial charge in [-0.3, -0.25) is 9.59 Å². The van der Waals surface area contributed by atoms with Crippen molar-refractivity contribution in [3.05, 3.63) is 65.9 Å². The largest absolute Gasteiger partial charge is 0.497 e. The van der Waals surface area contributed by atoms with Gasteiger partial charge in [0.1, 0.15) is 5.75 Å². The molecule has 0 aromatic heterocycles. The van der Waals surface area contributed by atoms with Crippen LogP contribution in [0.25, 0.3) is 5.57 Å². The van der Waals surface area contributed by atoms with Crippen molar-refractivity contribution in [1.82, 2.24) is 9.80 Å². The molecule has 2 aliphatic heterocycles. The molecular weight excluding hydrogens is 354 g/mol. The number of anilines is 1. The number of fused-ring (bicyclic) bond motifs is 1. The zero-order valence-corrected chi connectivity index (χ0v) is 16.1. The minimum absolute atomic E-state index is 0.298. The molecule has 2 heterocycles. The fraction of sp³-hybridized carbons (Fsp3) is 0.273. The number of hydrogen-bond donors (Lipinski definition) is 0. The number of piperazine rings is 1. The molecule has 2 amide bonds. The van der Waals surface area contributed by atoms with Gasteiger partial charge >= 0.3 is 0 Å². The van der Waals surface area contributed by atoms with E-state index in [2.05, 4.69) is 16.8 Å². The monoisotopic (exact) mass is 377 g/mol. The van der Waals surface area contributed by atoms with E-state index >= 15 is 0 Å². The third-order valence-electron chi connectivity index (χ3n) is 5.26. The van der Waals surface area contributed by atoms with Gasteiger partial charge in [0.15, 0.2) is 0 Å². The van der Waals surface area contributed by atoms with Gasteiger partial charge in [0.25, 0.3) is 11.8 Å². The molecule has 1 fully saturated rings. The van der Waals surface area contributed by atoms with E-state index in [1.54, 1.807) is 37.4 Å². The van der Waals surface area contributed by atoms with Gasteiger partial charge in [0.2, 0.25) is 0 Å². The van der Waals surface area contributed by atoms with E-state index in [-0.39, 0.29) is 11.8 Å². The maximum atomic E-state index is 13.4. The van der Waals surface area contributed by atoms with Crippen LogP contribution in [-0.2, 0) is 4.79 Å². The summed E-state index contributed by atoms with van der Waals surface area (Å²) in [6.07, 6.45) is 1.91. The molecule has 0 atom stereocenters. The molecule has 0 aliphatic carbocycles. The highest BCUT2D eigenvalue weighted by molar-refractivity contribution is 6.41. The van der Waals surface area contributed by atoms with Crippen molar-refractivity contribution < 1.29 is 14.3 Å². The molecule has 0 bridgehead atoms. The molecule has 1 saturated heterocycles. The Morgan fingerprint density at radius 1 is 0.857 bits per heavy atom. The lowest BCUT2D eigenvalue weighted by atomic mass is 9.93. The third kappa shape index (κ3) is 3.27. The molecule has 0 spiro atoms.